The molecule has 158 valence electrons. The molecular formula is C23H22N4O2S2. The molecule has 4 rings (SSSR count). The van der Waals surface area contributed by atoms with Crippen molar-refractivity contribution >= 4 is 29.5 Å². The first kappa shape index (κ1) is 21.0. The number of nitrogens with zero attached hydrogens (tertiary/aromatic N) is 2. The quantitative estimate of drug-likeness (QED) is 0.365. The molecule has 1 unspecified atom stereocenters. The van der Waals surface area contributed by atoms with Crippen LogP contribution in [0.25, 0.3) is 10.7 Å². The zero-order chi connectivity index (χ0) is 21.6. The number of hydrogen-bond donors (Lipinski definition) is 2. The van der Waals surface area contributed by atoms with Crippen LogP contribution in [0.1, 0.15) is 24.1 Å². The molecule has 1 amide bonds. The van der Waals surface area contributed by atoms with E-state index >= 15 is 0 Å². The molecule has 0 bridgehead atoms. The first-order valence-electron chi connectivity index (χ1n) is 9.86. The number of carbonyl (C=O) groups excluding carboxylic acids is 1. The van der Waals surface area contributed by atoms with Crippen molar-refractivity contribution in [2.45, 2.75) is 26.1 Å². The number of benzene rings is 2. The highest BCUT2D eigenvalue weighted by Crippen LogP contribution is 2.26. The second kappa shape index (κ2) is 9.72. The highest BCUT2D eigenvalue weighted by Gasteiger charge is 2.21. The highest BCUT2D eigenvalue weighted by atomic mass is 32.1. The van der Waals surface area contributed by atoms with Crippen LogP contribution in [-0.4, -0.2) is 20.7 Å². The minimum absolute atomic E-state index is 0.145. The first-order valence-corrected chi connectivity index (χ1v) is 11.2. The van der Waals surface area contributed by atoms with Crippen LogP contribution in [0.4, 0.5) is 0 Å². The van der Waals surface area contributed by atoms with Crippen LogP contribution in [0.2, 0.25) is 0 Å². The molecule has 0 aliphatic carbocycles. The van der Waals surface area contributed by atoms with Gasteiger partial charge in [0.15, 0.2) is 10.6 Å². The molecule has 0 saturated heterocycles. The second-order valence-corrected chi connectivity index (χ2v) is 8.31. The summed E-state index contributed by atoms with van der Waals surface area (Å²) >= 11 is 6.92. The van der Waals surface area contributed by atoms with E-state index in [0.29, 0.717) is 23.7 Å². The third-order valence-electron chi connectivity index (χ3n) is 4.88. The maximum absolute atomic E-state index is 12.9. The molecule has 0 aliphatic heterocycles. The summed E-state index contributed by atoms with van der Waals surface area (Å²) in [6, 6.07) is 21.1. The Labute approximate surface area is 189 Å². The molecule has 2 N–H and O–H groups in total. The lowest BCUT2D eigenvalue weighted by atomic mass is 10.2. The molecule has 8 heteroatoms. The zero-order valence-corrected chi connectivity index (χ0v) is 18.6. The van der Waals surface area contributed by atoms with Gasteiger partial charge < -0.3 is 10.1 Å². The van der Waals surface area contributed by atoms with Gasteiger partial charge in [-0.1, -0.05) is 54.6 Å². The molecule has 2 aromatic carbocycles. The molecule has 0 fully saturated rings. The average molecular weight is 451 g/mol. The van der Waals surface area contributed by atoms with Crippen molar-refractivity contribution < 1.29 is 9.53 Å². The van der Waals surface area contributed by atoms with Crippen molar-refractivity contribution in [1.82, 2.24) is 20.1 Å². The largest absolute Gasteiger partial charge is 0.489 e. The summed E-state index contributed by atoms with van der Waals surface area (Å²) in [6.45, 7) is 2.64. The van der Waals surface area contributed by atoms with Crippen LogP contribution < -0.4 is 10.1 Å². The van der Waals surface area contributed by atoms with E-state index in [1.807, 2.05) is 79.0 Å². The summed E-state index contributed by atoms with van der Waals surface area (Å²) < 4.78 is 8.15. The molecule has 2 heterocycles. The highest BCUT2D eigenvalue weighted by molar-refractivity contribution is 7.71. The van der Waals surface area contributed by atoms with Gasteiger partial charge >= 0.3 is 0 Å². The van der Waals surface area contributed by atoms with E-state index in [2.05, 4.69) is 15.5 Å². The number of thiophene rings is 1. The lowest BCUT2D eigenvalue weighted by Gasteiger charge is -2.16. The minimum Gasteiger partial charge on any atom is -0.489 e. The van der Waals surface area contributed by atoms with Crippen LogP contribution in [-0.2, 0) is 17.9 Å². The summed E-state index contributed by atoms with van der Waals surface area (Å²) in [7, 11) is 0. The SMILES string of the molecule is CC(C(=O)NCc1ccccc1OCc1ccccc1)n1c(-c2cccs2)n[nH]c1=S. The van der Waals surface area contributed by atoms with E-state index in [4.69, 9.17) is 17.0 Å². The molecule has 4 aromatic rings. The maximum atomic E-state index is 12.9. The van der Waals surface area contributed by atoms with Gasteiger partial charge in [-0.25, -0.2) is 0 Å². The summed E-state index contributed by atoms with van der Waals surface area (Å²) in [5.41, 5.74) is 2.00. The van der Waals surface area contributed by atoms with E-state index < -0.39 is 6.04 Å². The van der Waals surface area contributed by atoms with Gasteiger partial charge in [-0.2, -0.15) is 5.10 Å². The fourth-order valence-electron chi connectivity index (χ4n) is 3.22. The third kappa shape index (κ3) is 4.92. The van der Waals surface area contributed by atoms with Gasteiger partial charge in [0.25, 0.3) is 0 Å². The number of carbonyl (C=O) groups is 1. The standard InChI is InChI=1S/C23H22N4O2S2/c1-16(27-21(25-26-23(27)30)20-12-7-13-31-20)22(28)24-14-18-10-5-6-11-19(18)29-15-17-8-3-2-4-9-17/h2-13,16H,14-15H2,1H3,(H,24,28)(H,26,30). The molecular weight excluding hydrogens is 428 g/mol. The summed E-state index contributed by atoms with van der Waals surface area (Å²) in [5, 5.41) is 12.1. The average Bonchev–Trinajstić information content (AvgIpc) is 3.46. The van der Waals surface area contributed by atoms with Gasteiger partial charge in [0, 0.05) is 12.1 Å². The zero-order valence-electron chi connectivity index (χ0n) is 16.9. The molecule has 1 atom stereocenters. The molecule has 6 nitrogen and oxygen atoms in total. The van der Waals surface area contributed by atoms with Gasteiger partial charge in [0.2, 0.25) is 5.91 Å². The van der Waals surface area contributed by atoms with Gasteiger partial charge in [0.05, 0.1) is 4.88 Å². The monoisotopic (exact) mass is 450 g/mol. The first-order chi connectivity index (χ1) is 15.1. The normalized spacial score (nSPS) is 11.8. The fraction of sp³-hybridized carbons (Fsp3) is 0.174. The number of nitrogens with one attached hydrogen (secondary N) is 2. The van der Waals surface area contributed by atoms with Gasteiger partial charge in [-0.3, -0.25) is 14.5 Å². The van der Waals surface area contributed by atoms with E-state index in [9.17, 15) is 4.79 Å². The Balaban J connectivity index is 1.44. The number of ether oxygens (including phenoxy) is 1. The van der Waals surface area contributed by atoms with Crippen molar-refractivity contribution in [1.29, 1.82) is 0 Å². The predicted molar refractivity (Wildman–Crippen MR) is 124 cm³/mol. The van der Waals surface area contributed by atoms with Gasteiger partial charge in [-0.05, 0) is 42.2 Å². The van der Waals surface area contributed by atoms with Crippen molar-refractivity contribution in [3.05, 3.63) is 88.0 Å². The molecule has 0 saturated carbocycles. The van der Waals surface area contributed by atoms with Crippen LogP contribution in [0.15, 0.2) is 72.1 Å². The lowest BCUT2D eigenvalue weighted by molar-refractivity contribution is -0.124. The Morgan fingerprint density at radius 2 is 1.94 bits per heavy atom. The second-order valence-electron chi connectivity index (χ2n) is 6.98. The molecule has 0 aliphatic rings. The van der Waals surface area contributed by atoms with Gasteiger partial charge in [0.1, 0.15) is 18.4 Å². The van der Waals surface area contributed by atoms with E-state index in [-0.39, 0.29) is 5.91 Å². The number of rotatable bonds is 8. The van der Waals surface area contributed by atoms with Crippen LogP contribution in [0, 0.1) is 4.77 Å². The molecule has 0 radical (unpaired) electrons. The number of hydrogen-bond acceptors (Lipinski definition) is 5. The predicted octanol–water partition coefficient (Wildman–Crippen LogP) is 5.13. The Morgan fingerprint density at radius 3 is 2.71 bits per heavy atom. The maximum Gasteiger partial charge on any atom is 0.243 e. The smallest absolute Gasteiger partial charge is 0.243 e. The minimum atomic E-state index is -0.513. The number of para-hydroxylation sites is 1. The fourth-order valence-corrected chi connectivity index (χ4v) is 4.22. The molecule has 0 spiro atoms. The van der Waals surface area contributed by atoms with Crippen LogP contribution in [0.5, 0.6) is 5.75 Å². The summed E-state index contributed by atoms with van der Waals surface area (Å²) in [6.07, 6.45) is 0. The van der Waals surface area contributed by atoms with Crippen LogP contribution >= 0.6 is 23.6 Å². The van der Waals surface area contributed by atoms with Crippen molar-refractivity contribution in [3.8, 4) is 16.5 Å². The van der Waals surface area contributed by atoms with Crippen molar-refractivity contribution in [2.75, 3.05) is 0 Å². The number of aromatic nitrogens is 3. The summed E-state index contributed by atoms with van der Waals surface area (Å²) in [4.78, 5) is 13.9. The summed E-state index contributed by atoms with van der Waals surface area (Å²) in [5.74, 6) is 1.26. The Kier molecular flexibility index (Phi) is 6.59. The number of H-pyrrole nitrogens is 1. The number of amides is 1. The Hall–Kier alpha value is -3.23. The van der Waals surface area contributed by atoms with Crippen LogP contribution in [0.3, 0.4) is 0 Å². The van der Waals surface area contributed by atoms with Gasteiger partial charge in [-0.15, -0.1) is 11.3 Å². The van der Waals surface area contributed by atoms with Crippen molar-refractivity contribution in [2.24, 2.45) is 0 Å². The molecule has 2 aromatic heterocycles. The number of aromatic amines is 1. The van der Waals surface area contributed by atoms with E-state index in [1.54, 1.807) is 15.9 Å². The lowest BCUT2D eigenvalue weighted by Crippen LogP contribution is -2.31. The topological polar surface area (TPSA) is 71.9 Å². The Morgan fingerprint density at radius 1 is 1.16 bits per heavy atom. The van der Waals surface area contributed by atoms with E-state index in [1.165, 1.54) is 0 Å². The molecule has 31 heavy (non-hydrogen) atoms. The Bertz CT molecular complexity index is 1200. The van der Waals surface area contributed by atoms with E-state index in [0.717, 1.165) is 21.8 Å². The third-order valence-corrected chi connectivity index (χ3v) is 6.03. The van der Waals surface area contributed by atoms with Crippen molar-refractivity contribution in [3.63, 3.8) is 0 Å².